The third-order valence-corrected chi connectivity index (χ3v) is 7.55. The molecule has 3 nitrogen and oxygen atoms in total. The number of hydrogen-bond acceptors (Lipinski definition) is 3. The molecule has 1 heterocycles. The van der Waals surface area contributed by atoms with Crippen LogP contribution in [0.4, 0.5) is 0 Å². The SMILES string of the molecule is Cc1c(C)c(C)c2c(c1C)C(C)C(O)C(C)(C)CS2(=O)=O. The lowest BCUT2D eigenvalue weighted by molar-refractivity contribution is 0.0464. The molecule has 0 aromatic heterocycles. The summed E-state index contributed by atoms with van der Waals surface area (Å²) >= 11 is 0. The smallest absolute Gasteiger partial charge is 0.179 e. The van der Waals surface area contributed by atoms with Crippen LogP contribution in [0.25, 0.3) is 0 Å². The highest BCUT2D eigenvalue weighted by atomic mass is 32.2. The highest BCUT2D eigenvalue weighted by Crippen LogP contribution is 2.45. The Balaban J connectivity index is 2.97. The van der Waals surface area contributed by atoms with E-state index in [9.17, 15) is 13.5 Å². The van der Waals surface area contributed by atoms with Crippen LogP contribution in [-0.4, -0.2) is 25.4 Å². The van der Waals surface area contributed by atoms with Gasteiger partial charge in [-0.25, -0.2) is 8.42 Å². The second-order valence-corrected chi connectivity index (χ2v) is 9.15. The van der Waals surface area contributed by atoms with Crippen molar-refractivity contribution in [2.45, 2.75) is 65.4 Å². The molecule has 21 heavy (non-hydrogen) atoms. The highest BCUT2D eigenvalue weighted by molar-refractivity contribution is 7.91. The van der Waals surface area contributed by atoms with Gasteiger partial charge in [-0.2, -0.15) is 0 Å². The molecule has 0 radical (unpaired) electrons. The Morgan fingerprint density at radius 3 is 2.00 bits per heavy atom. The minimum absolute atomic E-state index is 0.0126. The fourth-order valence-electron chi connectivity index (χ4n) is 3.74. The fourth-order valence-corrected chi connectivity index (χ4v) is 6.33. The summed E-state index contributed by atoms with van der Waals surface area (Å²) in [6.07, 6.45) is -0.672. The molecule has 4 heteroatoms. The van der Waals surface area contributed by atoms with E-state index in [1.165, 1.54) is 0 Å². The molecule has 1 N–H and O–H groups in total. The zero-order valence-corrected chi connectivity index (χ0v) is 14.9. The van der Waals surface area contributed by atoms with Gasteiger partial charge >= 0.3 is 0 Å². The molecule has 1 aliphatic rings. The van der Waals surface area contributed by atoms with E-state index in [1.54, 1.807) is 0 Å². The molecule has 0 bridgehead atoms. The van der Waals surface area contributed by atoms with Crippen molar-refractivity contribution in [3.63, 3.8) is 0 Å². The van der Waals surface area contributed by atoms with Crippen LogP contribution < -0.4 is 0 Å². The van der Waals surface area contributed by atoms with Gasteiger partial charge in [0.1, 0.15) is 0 Å². The van der Waals surface area contributed by atoms with Crippen LogP contribution >= 0.6 is 0 Å². The lowest BCUT2D eigenvalue weighted by Gasteiger charge is -2.32. The number of hydrogen-bond donors (Lipinski definition) is 1. The average Bonchev–Trinajstić information content (AvgIpc) is 2.41. The Morgan fingerprint density at radius 1 is 1.00 bits per heavy atom. The van der Waals surface area contributed by atoms with Gasteiger partial charge in [0.25, 0.3) is 0 Å². The number of aliphatic hydroxyl groups is 1. The zero-order valence-electron chi connectivity index (χ0n) is 14.0. The Kier molecular flexibility index (Phi) is 3.78. The van der Waals surface area contributed by atoms with Crippen molar-refractivity contribution in [3.05, 3.63) is 27.8 Å². The van der Waals surface area contributed by atoms with Crippen molar-refractivity contribution in [1.29, 1.82) is 0 Å². The van der Waals surface area contributed by atoms with Crippen molar-refractivity contribution in [3.8, 4) is 0 Å². The van der Waals surface area contributed by atoms with Gasteiger partial charge in [0, 0.05) is 11.3 Å². The summed E-state index contributed by atoms with van der Waals surface area (Å²) in [4.78, 5) is 0.459. The quantitative estimate of drug-likeness (QED) is 0.800. The van der Waals surface area contributed by atoms with Crippen molar-refractivity contribution in [2.24, 2.45) is 5.41 Å². The van der Waals surface area contributed by atoms with Gasteiger partial charge in [-0.3, -0.25) is 0 Å². The van der Waals surface area contributed by atoms with Gasteiger partial charge in [-0.15, -0.1) is 0 Å². The summed E-state index contributed by atoms with van der Waals surface area (Å²) in [6, 6.07) is 0. The number of sulfone groups is 1. The van der Waals surface area contributed by atoms with E-state index in [0.29, 0.717) is 4.90 Å². The van der Waals surface area contributed by atoms with E-state index in [-0.39, 0.29) is 11.7 Å². The standard InChI is InChI=1S/C17H26O3S/c1-9-10(2)12(4)15-14(11(9)3)13(5)16(18)17(6,7)8-21(15,19)20/h13,16,18H,8H2,1-7H3. The van der Waals surface area contributed by atoms with Gasteiger partial charge < -0.3 is 5.11 Å². The first kappa shape index (κ1) is 16.5. The average molecular weight is 310 g/mol. The number of benzene rings is 1. The molecule has 1 aromatic carbocycles. The zero-order chi connectivity index (χ0) is 16.3. The van der Waals surface area contributed by atoms with Crippen LogP contribution in [0.15, 0.2) is 4.90 Å². The number of fused-ring (bicyclic) bond motifs is 1. The van der Waals surface area contributed by atoms with E-state index in [0.717, 1.165) is 27.8 Å². The van der Waals surface area contributed by atoms with Gasteiger partial charge in [0.05, 0.1) is 16.8 Å². The first-order valence-electron chi connectivity index (χ1n) is 7.43. The van der Waals surface area contributed by atoms with Crippen LogP contribution in [0.2, 0.25) is 0 Å². The molecular weight excluding hydrogens is 284 g/mol. The fraction of sp³-hybridized carbons (Fsp3) is 0.647. The van der Waals surface area contributed by atoms with Crippen LogP contribution in [0, 0.1) is 33.1 Å². The third-order valence-electron chi connectivity index (χ3n) is 5.28. The lowest BCUT2D eigenvalue weighted by atomic mass is 9.77. The summed E-state index contributed by atoms with van der Waals surface area (Å²) in [5.74, 6) is -0.202. The van der Waals surface area contributed by atoms with Crippen molar-refractivity contribution < 1.29 is 13.5 Å². The molecule has 0 saturated carbocycles. The molecule has 2 atom stereocenters. The Bertz CT molecular complexity index is 699. The van der Waals surface area contributed by atoms with Crippen LogP contribution in [0.3, 0.4) is 0 Å². The monoisotopic (exact) mass is 310 g/mol. The van der Waals surface area contributed by atoms with Gasteiger partial charge in [0.15, 0.2) is 9.84 Å². The van der Waals surface area contributed by atoms with E-state index in [4.69, 9.17) is 0 Å². The molecule has 1 aromatic rings. The van der Waals surface area contributed by atoms with E-state index < -0.39 is 21.4 Å². The summed E-state index contributed by atoms with van der Waals surface area (Å²) in [6.45, 7) is 13.5. The van der Waals surface area contributed by atoms with Crippen molar-refractivity contribution in [2.75, 3.05) is 5.75 Å². The number of aliphatic hydroxyl groups excluding tert-OH is 1. The second-order valence-electron chi connectivity index (χ2n) is 7.22. The minimum atomic E-state index is -3.40. The molecule has 0 fully saturated rings. The normalized spacial score (nSPS) is 27.0. The Labute approximate surface area is 128 Å². The van der Waals surface area contributed by atoms with Crippen LogP contribution in [0.5, 0.6) is 0 Å². The maximum absolute atomic E-state index is 12.9. The van der Waals surface area contributed by atoms with Crippen LogP contribution in [0.1, 0.15) is 54.5 Å². The maximum atomic E-state index is 12.9. The molecule has 118 valence electrons. The molecule has 0 saturated heterocycles. The number of rotatable bonds is 0. The van der Waals surface area contributed by atoms with Crippen molar-refractivity contribution >= 4 is 9.84 Å². The Hall–Kier alpha value is -0.870. The lowest BCUT2D eigenvalue weighted by Crippen LogP contribution is -2.36. The first-order chi connectivity index (χ1) is 9.42. The van der Waals surface area contributed by atoms with E-state index in [1.807, 2.05) is 48.5 Å². The summed E-state index contributed by atoms with van der Waals surface area (Å²) in [7, 11) is -3.40. The van der Waals surface area contributed by atoms with Gasteiger partial charge in [-0.05, 0) is 55.5 Å². The molecule has 2 unspecified atom stereocenters. The molecule has 2 rings (SSSR count). The third kappa shape index (κ3) is 2.33. The predicted molar refractivity (Wildman–Crippen MR) is 85.6 cm³/mol. The molecule has 0 spiro atoms. The van der Waals surface area contributed by atoms with E-state index in [2.05, 4.69) is 0 Å². The minimum Gasteiger partial charge on any atom is -0.392 e. The summed E-state index contributed by atoms with van der Waals surface area (Å²) in [5.41, 5.74) is 4.16. The summed E-state index contributed by atoms with van der Waals surface area (Å²) in [5, 5.41) is 10.7. The molecule has 1 aliphatic heterocycles. The second kappa shape index (κ2) is 4.82. The highest BCUT2D eigenvalue weighted by Gasteiger charge is 2.44. The molecule has 0 amide bonds. The predicted octanol–water partition coefficient (Wildman–Crippen LogP) is 3.20. The van der Waals surface area contributed by atoms with Crippen molar-refractivity contribution in [1.82, 2.24) is 0 Å². The van der Waals surface area contributed by atoms with Gasteiger partial charge in [0.2, 0.25) is 0 Å². The largest absolute Gasteiger partial charge is 0.392 e. The Morgan fingerprint density at radius 2 is 1.48 bits per heavy atom. The molecular formula is C17H26O3S. The molecule has 0 aliphatic carbocycles. The maximum Gasteiger partial charge on any atom is 0.179 e. The summed E-state index contributed by atoms with van der Waals surface area (Å²) < 4.78 is 25.9. The topological polar surface area (TPSA) is 54.4 Å². The van der Waals surface area contributed by atoms with Gasteiger partial charge in [-0.1, -0.05) is 20.8 Å². The van der Waals surface area contributed by atoms with Crippen LogP contribution in [-0.2, 0) is 9.84 Å². The first-order valence-corrected chi connectivity index (χ1v) is 9.08. The van der Waals surface area contributed by atoms with E-state index >= 15 is 0 Å².